The van der Waals surface area contributed by atoms with Gasteiger partial charge in [0, 0.05) is 18.8 Å². The maximum Gasteiger partial charge on any atom is 3.00 e. The fourth-order valence-electron chi connectivity index (χ4n) is 4.07. The molecule has 0 aliphatic heterocycles. The topological polar surface area (TPSA) is 36.1 Å². The van der Waals surface area contributed by atoms with Crippen molar-refractivity contribution >= 4 is 11.4 Å². The van der Waals surface area contributed by atoms with Gasteiger partial charge in [-0.05, 0) is 36.0 Å². The zero-order chi connectivity index (χ0) is 21.9. The molecule has 0 spiro atoms. The fourth-order valence-corrected chi connectivity index (χ4v) is 4.07. The summed E-state index contributed by atoms with van der Waals surface area (Å²) >= 11 is 0. The quantitative estimate of drug-likeness (QED) is 0.166. The van der Waals surface area contributed by atoms with Gasteiger partial charge >= 0.3 is 16.8 Å². The molecule has 0 unspecified atom stereocenters. The van der Waals surface area contributed by atoms with Gasteiger partial charge in [0.05, 0.1) is 6.67 Å². The molecule has 188 valence electrons. The Morgan fingerprint density at radius 2 is 1.21 bits per heavy atom. The molecule has 3 nitrogen and oxygen atoms in total. The van der Waals surface area contributed by atoms with E-state index in [1.54, 1.807) is 0 Å². The van der Waals surface area contributed by atoms with E-state index in [9.17, 15) is 0 Å². The van der Waals surface area contributed by atoms with Crippen molar-refractivity contribution in [1.29, 1.82) is 0 Å². The number of rotatable bonds is 13. The standard InChI is InChI=1S/C27H42N3.2BrH.Co/c1-7-20-15-22(9-3)26(23(10-4)16-20)29-14-13-28-19-30-27-24(11-5)17-21(8-2)18-25(27)12-6;;;/h15-17,28-30H,7-14,19H2,1-6H3;2*1H;/q-1;;;+3/p-2. The van der Waals surface area contributed by atoms with Gasteiger partial charge in [-0.3, -0.25) is 5.32 Å². The van der Waals surface area contributed by atoms with Crippen LogP contribution in [-0.4, -0.2) is 19.8 Å². The van der Waals surface area contributed by atoms with E-state index >= 15 is 0 Å². The molecule has 0 saturated carbocycles. The second-order valence-electron chi connectivity index (χ2n) is 7.86. The van der Waals surface area contributed by atoms with Crippen LogP contribution in [0.1, 0.15) is 74.9 Å². The number of benzene rings is 2. The van der Waals surface area contributed by atoms with Crippen LogP contribution in [0.15, 0.2) is 18.2 Å². The number of aryl methyl sites for hydroxylation is 6. The van der Waals surface area contributed by atoms with Crippen LogP contribution in [0.5, 0.6) is 0 Å². The van der Waals surface area contributed by atoms with Crippen molar-refractivity contribution in [3.8, 4) is 0 Å². The maximum atomic E-state index is 3.70. The van der Waals surface area contributed by atoms with Crippen molar-refractivity contribution in [3.63, 3.8) is 0 Å². The fraction of sp³-hybridized carbons (Fsp3) is 0.556. The van der Waals surface area contributed by atoms with Crippen LogP contribution < -0.4 is 49.9 Å². The first-order chi connectivity index (χ1) is 14.6. The molecule has 0 fully saturated rings. The summed E-state index contributed by atoms with van der Waals surface area (Å²) in [5, 5.41) is 10.9. The summed E-state index contributed by atoms with van der Waals surface area (Å²) in [7, 11) is 0. The second kappa shape index (κ2) is 18.8. The molecule has 0 aliphatic carbocycles. The van der Waals surface area contributed by atoms with E-state index in [0.29, 0.717) is 0 Å². The Balaban J connectivity index is 0. The molecule has 0 heterocycles. The van der Waals surface area contributed by atoms with Gasteiger partial charge in [0.15, 0.2) is 0 Å². The van der Waals surface area contributed by atoms with Gasteiger partial charge in [-0.2, -0.15) is 17.7 Å². The summed E-state index contributed by atoms with van der Waals surface area (Å²) in [4.78, 5) is 0. The molecule has 0 amide bonds. The van der Waals surface area contributed by atoms with Gasteiger partial charge < -0.3 is 44.6 Å². The molecule has 3 N–H and O–H groups in total. The Labute approximate surface area is 234 Å². The predicted octanol–water partition coefficient (Wildman–Crippen LogP) is -0.0622. The van der Waals surface area contributed by atoms with Gasteiger partial charge in [-0.15, -0.1) is 11.1 Å². The Kier molecular flexibility index (Phi) is 19.7. The minimum Gasteiger partial charge on any atom is -1.00 e. The molecule has 2 aromatic carbocycles. The van der Waals surface area contributed by atoms with E-state index in [0.717, 1.165) is 58.3 Å². The Hall–Kier alpha value is -0.534. The van der Waals surface area contributed by atoms with Crippen molar-refractivity contribution in [2.24, 2.45) is 0 Å². The van der Waals surface area contributed by atoms with Crippen LogP contribution in [0.3, 0.4) is 0 Å². The first-order valence-electron chi connectivity index (χ1n) is 12.0. The smallest absolute Gasteiger partial charge is 1.00 e. The van der Waals surface area contributed by atoms with Gasteiger partial charge in [-0.25, -0.2) is 0 Å². The molecule has 33 heavy (non-hydrogen) atoms. The minimum atomic E-state index is 0. The summed E-state index contributed by atoms with van der Waals surface area (Å²) < 4.78 is 0. The molecule has 2 aromatic rings. The van der Waals surface area contributed by atoms with Gasteiger partial charge in [0.1, 0.15) is 0 Å². The Morgan fingerprint density at radius 1 is 0.636 bits per heavy atom. The molecule has 0 atom stereocenters. The normalized spacial score (nSPS) is 10.0. The van der Waals surface area contributed by atoms with Crippen LogP contribution in [0.4, 0.5) is 11.4 Å². The Morgan fingerprint density at radius 3 is 1.70 bits per heavy atom. The molecular formula is C27H42Br2CoN3. The zero-order valence-corrected chi connectivity index (χ0v) is 25.4. The Bertz CT molecular complexity index is 694. The van der Waals surface area contributed by atoms with E-state index in [1.807, 2.05) is 0 Å². The van der Waals surface area contributed by atoms with Crippen molar-refractivity contribution in [3.05, 3.63) is 57.6 Å². The number of nitrogens with one attached hydrogen (secondary N) is 3. The number of halogens is 2. The first-order valence-corrected chi connectivity index (χ1v) is 12.0. The average Bonchev–Trinajstić information content (AvgIpc) is 2.80. The van der Waals surface area contributed by atoms with Crippen molar-refractivity contribution in [1.82, 2.24) is 5.32 Å². The molecule has 2 rings (SSSR count). The van der Waals surface area contributed by atoms with E-state index in [2.05, 4.69) is 81.8 Å². The zero-order valence-electron chi connectivity index (χ0n) is 21.2. The maximum absolute atomic E-state index is 3.70. The van der Waals surface area contributed by atoms with Gasteiger partial charge in [0.25, 0.3) is 0 Å². The molecule has 0 radical (unpaired) electrons. The third-order valence-corrected chi connectivity index (χ3v) is 5.92. The predicted molar refractivity (Wildman–Crippen MR) is 133 cm³/mol. The van der Waals surface area contributed by atoms with Crippen LogP contribution in [0.2, 0.25) is 0 Å². The van der Waals surface area contributed by atoms with E-state index in [-0.39, 0.29) is 50.7 Å². The van der Waals surface area contributed by atoms with Gasteiger partial charge in [0.2, 0.25) is 0 Å². The summed E-state index contributed by atoms with van der Waals surface area (Å²) in [6, 6.07) is 10.6. The van der Waals surface area contributed by atoms with E-state index in [1.165, 1.54) is 44.8 Å². The number of hydrogen-bond donors (Lipinski definition) is 3. The van der Waals surface area contributed by atoms with Crippen molar-refractivity contribution < 1.29 is 50.7 Å². The first kappa shape index (κ1) is 34.6. The average molecular weight is 627 g/mol. The monoisotopic (exact) mass is 625 g/mol. The summed E-state index contributed by atoms with van der Waals surface area (Å²) in [6.45, 7) is 16.0. The summed E-state index contributed by atoms with van der Waals surface area (Å²) in [5.41, 5.74) is 11.0. The third kappa shape index (κ3) is 9.93. The third-order valence-electron chi connectivity index (χ3n) is 5.92. The second-order valence-corrected chi connectivity index (χ2v) is 7.86. The number of hydrogen-bond acceptors (Lipinski definition) is 3. The molecule has 0 aromatic heterocycles. The van der Waals surface area contributed by atoms with Gasteiger partial charge in [-0.1, -0.05) is 78.6 Å². The van der Waals surface area contributed by atoms with Crippen molar-refractivity contribution in [2.45, 2.75) is 80.1 Å². The molecule has 0 aliphatic rings. The van der Waals surface area contributed by atoms with E-state index < -0.39 is 0 Å². The number of anilines is 2. The summed E-state index contributed by atoms with van der Waals surface area (Å²) in [5.74, 6) is 0. The molecule has 6 heteroatoms. The SMILES string of the molecule is CCc1[c-]c(CC)c(NCNCCNc2c(CC)cc(CC)cc2CC)c(CC)c1.[Br-].[Br-].[Co+3]. The molecular weight excluding hydrogens is 585 g/mol. The van der Waals surface area contributed by atoms with Crippen LogP contribution in [0.25, 0.3) is 0 Å². The largest absolute Gasteiger partial charge is 3.00 e. The minimum absolute atomic E-state index is 0. The molecule has 0 saturated heterocycles. The van der Waals surface area contributed by atoms with Crippen LogP contribution >= 0.6 is 0 Å². The molecule has 0 bridgehead atoms. The van der Waals surface area contributed by atoms with Crippen LogP contribution in [-0.2, 0) is 55.3 Å². The van der Waals surface area contributed by atoms with E-state index in [4.69, 9.17) is 0 Å². The van der Waals surface area contributed by atoms with Crippen molar-refractivity contribution in [2.75, 3.05) is 30.4 Å². The van der Waals surface area contributed by atoms with Crippen LogP contribution in [0, 0.1) is 6.07 Å². The summed E-state index contributed by atoms with van der Waals surface area (Å²) in [6.07, 6.45) is 6.35.